The molecule has 2 aromatic carbocycles. The van der Waals surface area contributed by atoms with E-state index in [9.17, 15) is 4.79 Å². The van der Waals surface area contributed by atoms with Gasteiger partial charge in [0.2, 0.25) is 0 Å². The molecule has 0 radical (unpaired) electrons. The van der Waals surface area contributed by atoms with Crippen LogP contribution in [0.25, 0.3) is 33.3 Å². The highest BCUT2D eigenvalue weighted by atomic mass is 16.1. The summed E-state index contributed by atoms with van der Waals surface area (Å²) in [6.45, 7) is 0. The quantitative estimate of drug-likeness (QED) is 0.514. The van der Waals surface area contributed by atoms with Gasteiger partial charge in [-0.2, -0.15) is 0 Å². The Morgan fingerprint density at radius 2 is 1.43 bits per heavy atom. The Labute approximate surface area is 122 Å². The molecule has 0 fully saturated rings. The van der Waals surface area contributed by atoms with Crippen molar-refractivity contribution in [3.8, 4) is 22.4 Å². The normalized spacial score (nSPS) is 11.0. The molecule has 2 heteroatoms. The largest absolute Gasteiger partial charge is 0.354 e. The Kier molecular flexibility index (Phi) is 2.61. The highest BCUT2D eigenvalue weighted by molar-refractivity contribution is 6.03. The molecule has 0 unspecified atom stereocenters. The first kappa shape index (κ1) is 11.9. The highest BCUT2D eigenvalue weighted by Crippen LogP contribution is 2.35. The molecule has 1 aliphatic heterocycles. The molecule has 1 heterocycles. The van der Waals surface area contributed by atoms with Crippen molar-refractivity contribution < 1.29 is 0 Å². The average Bonchev–Trinajstić information content (AvgIpc) is 2.54. The van der Waals surface area contributed by atoms with Crippen LogP contribution in [0.15, 0.2) is 77.6 Å². The molecule has 0 saturated carbocycles. The minimum absolute atomic E-state index is 0.0494. The van der Waals surface area contributed by atoms with Gasteiger partial charge in [-0.25, -0.2) is 0 Å². The topological polar surface area (TPSA) is 32.9 Å². The molecule has 1 N–H and O–H groups in total. The van der Waals surface area contributed by atoms with Crippen LogP contribution in [0.2, 0.25) is 0 Å². The molecule has 2 nitrogen and oxygen atoms in total. The lowest BCUT2D eigenvalue weighted by molar-refractivity contribution is 1.37. The van der Waals surface area contributed by atoms with Crippen LogP contribution in [0.5, 0.6) is 0 Å². The van der Waals surface area contributed by atoms with Gasteiger partial charge in [-0.15, -0.1) is 0 Å². The summed E-state index contributed by atoms with van der Waals surface area (Å²) in [6.07, 6.45) is 0. The lowest BCUT2D eigenvalue weighted by atomic mass is 9.92. The maximum absolute atomic E-state index is 12.4. The van der Waals surface area contributed by atoms with Gasteiger partial charge in [0.1, 0.15) is 0 Å². The van der Waals surface area contributed by atoms with Crippen molar-refractivity contribution in [2.24, 2.45) is 0 Å². The zero-order valence-electron chi connectivity index (χ0n) is 11.3. The first-order valence-electron chi connectivity index (χ1n) is 6.94. The Morgan fingerprint density at radius 1 is 0.667 bits per heavy atom. The fourth-order valence-corrected chi connectivity index (χ4v) is 2.89. The van der Waals surface area contributed by atoms with E-state index in [4.69, 9.17) is 0 Å². The van der Waals surface area contributed by atoms with E-state index in [-0.39, 0.29) is 5.43 Å². The van der Waals surface area contributed by atoms with Gasteiger partial charge in [0.15, 0.2) is 5.43 Å². The third kappa shape index (κ3) is 1.84. The maximum atomic E-state index is 12.4. The van der Waals surface area contributed by atoms with Gasteiger partial charge in [-0.05, 0) is 23.8 Å². The molecule has 4 rings (SSSR count). The van der Waals surface area contributed by atoms with Gasteiger partial charge in [-0.3, -0.25) is 4.79 Å². The molecule has 21 heavy (non-hydrogen) atoms. The average molecular weight is 271 g/mol. The number of benzene rings is 3. The SMILES string of the molecule is O=c1cccc2[nH]c3ccccc3c(-c3ccccc3)c1-2. The standard InChI is InChI=1S/C19H13NO/c21-17-12-6-11-16-19(17)18(13-7-2-1-3-8-13)14-9-4-5-10-15(14)20-16/h1-12,20H. The number of aromatic amines is 1. The predicted octanol–water partition coefficient (Wildman–Crippen LogP) is 4.30. The lowest BCUT2D eigenvalue weighted by Crippen LogP contribution is -2.07. The minimum atomic E-state index is 0.0494. The second-order valence-corrected chi connectivity index (χ2v) is 5.09. The summed E-state index contributed by atoms with van der Waals surface area (Å²) in [4.78, 5) is 15.8. The summed E-state index contributed by atoms with van der Waals surface area (Å²) in [5, 5.41) is 1.07. The van der Waals surface area contributed by atoms with Crippen LogP contribution < -0.4 is 5.43 Å². The second kappa shape index (κ2) is 4.60. The summed E-state index contributed by atoms with van der Waals surface area (Å²) >= 11 is 0. The zero-order valence-corrected chi connectivity index (χ0v) is 11.3. The second-order valence-electron chi connectivity index (χ2n) is 5.09. The number of aromatic nitrogens is 1. The lowest BCUT2D eigenvalue weighted by Gasteiger charge is -2.15. The number of para-hydroxylation sites is 1. The molecule has 0 bridgehead atoms. The smallest absolute Gasteiger partial charge is 0.188 e. The first-order chi connectivity index (χ1) is 10.3. The summed E-state index contributed by atoms with van der Waals surface area (Å²) in [5.41, 5.74) is 4.78. The number of fused-ring (bicyclic) bond motifs is 2. The van der Waals surface area contributed by atoms with Gasteiger partial charge in [0.25, 0.3) is 0 Å². The fourth-order valence-electron chi connectivity index (χ4n) is 2.89. The molecule has 100 valence electrons. The van der Waals surface area contributed by atoms with E-state index in [1.165, 1.54) is 0 Å². The highest BCUT2D eigenvalue weighted by Gasteiger charge is 2.16. The van der Waals surface area contributed by atoms with Crippen molar-refractivity contribution in [2.45, 2.75) is 0 Å². The van der Waals surface area contributed by atoms with Crippen LogP contribution in [0.4, 0.5) is 0 Å². The van der Waals surface area contributed by atoms with Gasteiger partial charge >= 0.3 is 0 Å². The van der Waals surface area contributed by atoms with E-state index in [0.29, 0.717) is 0 Å². The van der Waals surface area contributed by atoms with Gasteiger partial charge in [0.05, 0.1) is 11.3 Å². The van der Waals surface area contributed by atoms with Gasteiger partial charge in [-0.1, -0.05) is 54.6 Å². The molecule has 2 aliphatic rings. The molecule has 0 aromatic heterocycles. The molecule has 2 aromatic rings. The van der Waals surface area contributed by atoms with Gasteiger partial charge in [0, 0.05) is 16.5 Å². The number of H-pyrrole nitrogens is 1. The summed E-state index contributed by atoms with van der Waals surface area (Å²) in [6, 6.07) is 23.6. The molecule has 0 saturated heterocycles. The third-order valence-electron chi connectivity index (χ3n) is 3.80. The van der Waals surface area contributed by atoms with Crippen molar-refractivity contribution in [3.05, 3.63) is 83.0 Å². The zero-order chi connectivity index (χ0) is 14.2. The molecule has 1 aliphatic carbocycles. The number of hydrogen-bond acceptors (Lipinski definition) is 1. The van der Waals surface area contributed by atoms with Crippen molar-refractivity contribution >= 4 is 10.9 Å². The van der Waals surface area contributed by atoms with Crippen LogP contribution in [0.1, 0.15) is 0 Å². The van der Waals surface area contributed by atoms with Crippen molar-refractivity contribution in [1.29, 1.82) is 0 Å². The van der Waals surface area contributed by atoms with Crippen LogP contribution in [-0.4, -0.2) is 4.98 Å². The number of hydrogen-bond donors (Lipinski definition) is 1. The number of pyridine rings is 1. The van der Waals surface area contributed by atoms with E-state index in [1.54, 1.807) is 12.1 Å². The molecule has 0 amide bonds. The molecular formula is C19H13NO. The van der Waals surface area contributed by atoms with Crippen molar-refractivity contribution in [3.63, 3.8) is 0 Å². The Bertz CT molecular complexity index is 954. The summed E-state index contributed by atoms with van der Waals surface area (Å²) < 4.78 is 0. The van der Waals surface area contributed by atoms with E-state index in [2.05, 4.69) is 11.1 Å². The summed E-state index contributed by atoms with van der Waals surface area (Å²) in [7, 11) is 0. The van der Waals surface area contributed by atoms with E-state index in [1.807, 2.05) is 54.6 Å². The summed E-state index contributed by atoms with van der Waals surface area (Å²) in [5.74, 6) is 0. The van der Waals surface area contributed by atoms with Gasteiger partial charge < -0.3 is 4.98 Å². The minimum Gasteiger partial charge on any atom is -0.354 e. The van der Waals surface area contributed by atoms with E-state index < -0.39 is 0 Å². The third-order valence-corrected chi connectivity index (χ3v) is 3.80. The Balaban J connectivity index is 2.27. The Morgan fingerprint density at radius 3 is 2.29 bits per heavy atom. The number of nitrogens with one attached hydrogen (secondary N) is 1. The van der Waals surface area contributed by atoms with Crippen LogP contribution in [-0.2, 0) is 0 Å². The Hall–Kier alpha value is -2.87. The first-order valence-corrected chi connectivity index (χ1v) is 6.94. The van der Waals surface area contributed by atoms with Crippen LogP contribution >= 0.6 is 0 Å². The monoisotopic (exact) mass is 271 g/mol. The van der Waals surface area contributed by atoms with Crippen LogP contribution in [0, 0.1) is 0 Å². The predicted molar refractivity (Wildman–Crippen MR) is 86.6 cm³/mol. The molecule has 0 atom stereocenters. The number of rotatable bonds is 1. The maximum Gasteiger partial charge on any atom is 0.188 e. The van der Waals surface area contributed by atoms with Crippen molar-refractivity contribution in [1.82, 2.24) is 4.98 Å². The van der Waals surface area contributed by atoms with Crippen LogP contribution in [0.3, 0.4) is 0 Å². The fraction of sp³-hybridized carbons (Fsp3) is 0. The van der Waals surface area contributed by atoms with E-state index in [0.717, 1.165) is 33.3 Å². The van der Waals surface area contributed by atoms with E-state index >= 15 is 0 Å². The molecular weight excluding hydrogens is 258 g/mol. The molecule has 0 spiro atoms. The van der Waals surface area contributed by atoms with Crippen molar-refractivity contribution in [2.75, 3.05) is 0 Å².